The van der Waals surface area contributed by atoms with E-state index >= 15 is 0 Å². The maximum absolute atomic E-state index is 12.6. The maximum atomic E-state index is 12.6. The molecule has 0 radical (unpaired) electrons. The molecule has 1 N–H and O–H groups in total. The molecule has 2 aromatic carbocycles. The van der Waals surface area contributed by atoms with E-state index in [1.165, 1.54) is 5.69 Å². The molecule has 2 aliphatic heterocycles. The molecule has 1 fully saturated rings. The van der Waals surface area contributed by atoms with Crippen LogP contribution < -0.4 is 19.7 Å². The summed E-state index contributed by atoms with van der Waals surface area (Å²) in [7, 11) is 0. The zero-order valence-corrected chi connectivity index (χ0v) is 18.6. The summed E-state index contributed by atoms with van der Waals surface area (Å²) in [5.74, 6) is 0.996. The normalized spacial score (nSPS) is 16.3. The van der Waals surface area contributed by atoms with Gasteiger partial charge in [-0.2, -0.15) is 0 Å². The Kier molecular flexibility index (Phi) is 7.27. The predicted molar refractivity (Wildman–Crippen MR) is 125 cm³/mol. The molecule has 32 heavy (non-hydrogen) atoms. The van der Waals surface area contributed by atoms with Crippen molar-refractivity contribution in [2.75, 3.05) is 56.2 Å². The van der Waals surface area contributed by atoms with Gasteiger partial charge in [0.2, 0.25) is 5.91 Å². The monoisotopic (exact) mass is 437 g/mol. The van der Waals surface area contributed by atoms with Gasteiger partial charge in [0.1, 0.15) is 0 Å². The number of carbonyl (C=O) groups is 2. The van der Waals surface area contributed by atoms with Crippen LogP contribution in [0.2, 0.25) is 0 Å². The number of benzene rings is 2. The zero-order valence-electron chi connectivity index (χ0n) is 18.6. The van der Waals surface area contributed by atoms with Gasteiger partial charge in [0.25, 0.3) is 0 Å². The Bertz CT molecular complexity index is 937. The molecule has 7 nitrogen and oxygen atoms in total. The fourth-order valence-electron chi connectivity index (χ4n) is 4.01. The van der Waals surface area contributed by atoms with Gasteiger partial charge in [-0.05, 0) is 49.0 Å². The highest BCUT2D eigenvalue weighted by atomic mass is 16.5. The standard InChI is InChI=1S/C25H31N3O4/c1-2-27-12-14-28(15-13-27)21-7-5-20(6-8-21)26-25(30)11-9-22(29)19-4-10-23-24(18-19)32-17-3-16-31-23/h4-8,10,18H,2-3,9,11-17H2,1H3,(H,26,30). The van der Waals surface area contributed by atoms with Crippen LogP contribution in [-0.2, 0) is 4.79 Å². The summed E-state index contributed by atoms with van der Waals surface area (Å²) in [5.41, 5.74) is 2.45. The van der Waals surface area contributed by atoms with E-state index in [-0.39, 0.29) is 24.5 Å². The Hall–Kier alpha value is -3.06. The van der Waals surface area contributed by atoms with Crippen molar-refractivity contribution in [1.29, 1.82) is 0 Å². The number of carbonyl (C=O) groups excluding carboxylic acids is 2. The molecule has 2 aromatic rings. The molecular weight excluding hydrogens is 406 g/mol. The van der Waals surface area contributed by atoms with E-state index in [9.17, 15) is 9.59 Å². The van der Waals surface area contributed by atoms with Gasteiger partial charge in [-0.25, -0.2) is 0 Å². The molecule has 2 heterocycles. The van der Waals surface area contributed by atoms with Crippen molar-refractivity contribution in [1.82, 2.24) is 4.90 Å². The van der Waals surface area contributed by atoms with Gasteiger partial charge in [-0.1, -0.05) is 6.92 Å². The largest absolute Gasteiger partial charge is 0.490 e. The molecule has 2 aliphatic rings. The first-order valence-electron chi connectivity index (χ1n) is 11.4. The summed E-state index contributed by atoms with van der Waals surface area (Å²) in [6.07, 6.45) is 1.09. The van der Waals surface area contributed by atoms with Crippen LogP contribution in [0.15, 0.2) is 42.5 Å². The molecule has 1 amide bonds. The molecule has 7 heteroatoms. The lowest BCUT2D eigenvalue weighted by molar-refractivity contribution is -0.116. The summed E-state index contributed by atoms with van der Waals surface area (Å²) >= 11 is 0. The summed E-state index contributed by atoms with van der Waals surface area (Å²) in [6.45, 7) is 8.65. The molecule has 1 saturated heterocycles. The molecule has 0 aliphatic carbocycles. The Morgan fingerprint density at radius 3 is 2.34 bits per heavy atom. The zero-order chi connectivity index (χ0) is 22.3. The van der Waals surface area contributed by atoms with Gasteiger partial charge in [-0.3, -0.25) is 9.59 Å². The molecule has 0 unspecified atom stereocenters. The van der Waals surface area contributed by atoms with Gasteiger partial charge in [0, 0.05) is 62.4 Å². The molecule has 0 atom stereocenters. The van der Waals surface area contributed by atoms with Crippen molar-refractivity contribution in [2.45, 2.75) is 26.2 Å². The van der Waals surface area contributed by atoms with E-state index in [0.29, 0.717) is 30.3 Å². The van der Waals surface area contributed by atoms with Crippen molar-refractivity contribution < 1.29 is 19.1 Å². The molecule has 0 aromatic heterocycles. The number of nitrogens with zero attached hydrogens (tertiary/aromatic N) is 2. The smallest absolute Gasteiger partial charge is 0.224 e. The first-order chi connectivity index (χ1) is 15.6. The van der Waals surface area contributed by atoms with E-state index in [1.807, 2.05) is 24.3 Å². The van der Waals surface area contributed by atoms with Crippen LogP contribution in [-0.4, -0.2) is 62.5 Å². The predicted octanol–water partition coefficient (Wildman–Crippen LogP) is 3.59. The van der Waals surface area contributed by atoms with Crippen LogP contribution in [0.4, 0.5) is 11.4 Å². The Morgan fingerprint density at radius 2 is 1.62 bits per heavy atom. The molecule has 0 bridgehead atoms. The third kappa shape index (κ3) is 5.59. The number of rotatable bonds is 7. The van der Waals surface area contributed by atoms with Crippen LogP contribution in [0.3, 0.4) is 0 Å². The summed E-state index contributed by atoms with van der Waals surface area (Å²) < 4.78 is 11.2. The first kappa shape index (κ1) is 22.1. The maximum Gasteiger partial charge on any atom is 0.224 e. The number of ether oxygens (including phenoxy) is 2. The van der Waals surface area contributed by atoms with E-state index in [1.54, 1.807) is 18.2 Å². The molecule has 0 saturated carbocycles. The number of Topliss-reactive ketones (excluding diaryl/α,β-unsaturated/α-hetero) is 1. The quantitative estimate of drug-likeness (QED) is 0.668. The average Bonchev–Trinajstić information content (AvgIpc) is 3.08. The number of ketones is 1. The minimum atomic E-state index is -0.169. The van der Waals surface area contributed by atoms with Crippen LogP contribution in [0.5, 0.6) is 11.5 Å². The Balaban J connectivity index is 1.26. The van der Waals surface area contributed by atoms with Gasteiger partial charge in [0.05, 0.1) is 13.2 Å². The first-order valence-corrected chi connectivity index (χ1v) is 11.4. The van der Waals surface area contributed by atoms with Crippen LogP contribution >= 0.6 is 0 Å². The summed E-state index contributed by atoms with van der Waals surface area (Å²) in [5, 5.41) is 2.89. The topological polar surface area (TPSA) is 71.1 Å². The lowest BCUT2D eigenvalue weighted by Gasteiger charge is -2.35. The number of fused-ring (bicyclic) bond motifs is 1. The van der Waals surface area contributed by atoms with Crippen LogP contribution in [0.1, 0.15) is 36.5 Å². The van der Waals surface area contributed by atoms with Gasteiger partial charge >= 0.3 is 0 Å². The molecule has 4 rings (SSSR count). The minimum Gasteiger partial charge on any atom is -0.490 e. The SMILES string of the molecule is CCN1CCN(c2ccc(NC(=O)CCC(=O)c3ccc4c(c3)OCCCO4)cc2)CC1. The summed E-state index contributed by atoms with van der Waals surface area (Å²) in [6, 6.07) is 13.1. The van der Waals surface area contributed by atoms with Crippen LogP contribution in [0.25, 0.3) is 0 Å². The van der Waals surface area contributed by atoms with Crippen molar-refractivity contribution in [3.8, 4) is 11.5 Å². The average molecular weight is 438 g/mol. The number of hydrogen-bond donors (Lipinski definition) is 1. The number of likely N-dealkylation sites (N-methyl/N-ethyl adjacent to an activating group) is 1. The molecule has 170 valence electrons. The highest BCUT2D eigenvalue weighted by molar-refractivity contribution is 6.00. The van der Waals surface area contributed by atoms with E-state index < -0.39 is 0 Å². The van der Waals surface area contributed by atoms with Gasteiger partial charge in [-0.15, -0.1) is 0 Å². The Morgan fingerprint density at radius 1 is 0.906 bits per heavy atom. The second-order valence-electron chi connectivity index (χ2n) is 8.15. The second-order valence-corrected chi connectivity index (χ2v) is 8.15. The third-order valence-electron chi connectivity index (χ3n) is 5.98. The molecular formula is C25H31N3O4. The van der Waals surface area contributed by atoms with Crippen molar-refractivity contribution in [3.05, 3.63) is 48.0 Å². The third-order valence-corrected chi connectivity index (χ3v) is 5.98. The van der Waals surface area contributed by atoms with E-state index in [0.717, 1.165) is 44.8 Å². The fraction of sp³-hybridized carbons (Fsp3) is 0.440. The minimum absolute atomic E-state index is 0.0858. The fourth-order valence-corrected chi connectivity index (χ4v) is 4.01. The lowest BCUT2D eigenvalue weighted by atomic mass is 10.1. The van der Waals surface area contributed by atoms with Gasteiger partial charge in [0.15, 0.2) is 17.3 Å². The van der Waals surface area contributed by atoms with E-state index in [2.05, 4.69) is 22.0 Å². The second kappa shape index (κ2) is 10.5. The molecule has 0 spiro atoms. The summed E-state index contributed by atoms with van der Waals surface area (Å²) in [4.78, 5) is 29.7. The highest BCUT2D eigenvalue weighted by Gasteiger charge is 2.17. The lowest BCUT2D eigenvalue weighted by Crippen LogP contribution is -2.46. The van der Waals surface area contributed by atoms with Crippen molar-refractivity contribution >= 4 is 23.1 Å². The van der Waals surface area contributed by atoms with E-state index in [4.69, 9.17) is 9.47 Å². The number of amides is 1. The highest BCUT2D eigenvalue weighted by Crippen LogP contribution is 2.31. The Labute approximate surface area is 189 Å². The van der Waals surface area contributed by atoms with Crippen LogP contribution in [0, 0.1) is 0 Å². The van der Waals surface area contributed by atoms with Gasteiger partial charge < -0.3 is 24.6 Å². The number of nitrogens with one attached hydrogen (secondary N) is 1. The van der Waals surface area contributed by atoms with Crippen molar-refractivity contribution in [2.24, 2.45) is 0 Å². The number of piperazine rings is 1. The van der Waals surface area contributed by atoms with Crippen molar-refractivity contribution in [3.63, 3.8) is 0 Å². The number of anilines is 2. The number of hydrogen-bond acceptors (Lipinski definition) is 6.